The number of halogens is 2. The fourth-order valence-corrected chi connectivity index (χ4v) is 3.20. The Morgan fingerprint density at radius 2 is 2.07 bits per heavy atom. The maximum Gasteiger partial charge on any atom is 0.258 e. The van der Waals surface area contributed by atoms with Crippen LogP contribution in [-0.2, 0) is 4.74 Å². The van der Waals surface area contributed by atoms with Gasteiger partial charge < -0.3 is 19.5 Å². The molecule has 7 nitrogen and oxygen atoms in total. The maximum atomic E-state index is 13.4. The van der Waals surface area contributed by atoms with Crippen LogP contribution in [0.2, 0.25) is 5.02 Å². The molecule has 0 bridgehead atoms. The van der Waals surface area contributed by atoms with Crippen molar-refractivity contribution in [3.8, 4) is 11.5 Å². The molecule has 4 rings (SSSR count). The highest BCUT2D eigenvalue weighted by atomic mass is 35.5. The van der Waals surface area contributed by atoms with Crippen molar-refractivity contribution in [3.63, 3.8) is 0 Å². The summed E-state index contributed by atoms with van der Waals surface area (Å²) in [4.78, 5) is 17.2. The molecule has 1 atom stereocenters. The molecule has 1 unspecified atom stereocenters. The Morgan fingerprint density at radius 1 is 1.21 bits per heavy atom. The van der Waals surface area contributed by atoms with E-state index in [9.17, 15) is 9.18 Å². The summed E-state index contributed by atoms with van der Waals surface area (Å²) in [6.45, 7) is 1.22. The third-order valence-electron chi connectivity index (χ3n) is 4.53. The van der Waals surface area contributed by atoms with Crippen LogP contribution in [0.5, 0.6) is 11.5 Å². The first-order valence-corrected chi connectivity index (χ1v) is 9.55. The van der Waals surface area contributed by atoms with Gasteiger partial charge in [0, 0.05) is 17.9 Å². The Kier molecular flexibility index (Phi) is 5.82. The molecule has 2 aromatic carbocycles. The lowest BCUT2D eigenvalue weighted by atomic mass is 10.2. The first-order valence-electron chi connectivity index (χ1n) is 9.17. The van der Waals surface area contributed by atoms with Gasteiger partial charge in [-0.05, 0) is 49.2 Å². The van der Waals surface area contributed by atoms with E-state index in [2.05, 4.69) is 15.6 Å². The van der Waals surface area contributed by atoms with Gasteiger partial charge in [-0.1, -0.05) is 11.6 Å². The van der Waals surface area contributed by atoms with Crippen LogP contribution in [-0.4, -0.2) is 37.9 Å². The summed E-state index contributed by atoms with van der Waals surface area (Å²) in [5.74, 6) is 0.405. The van der Waals surface area contributed by atoms with E-state index >= 15 is 0 Å². The number of nitrogens with one attached hydrogen (secondary N) is 2. The van der Waals surface area contributed by atoms with Crippen LogP contribution in [0, 0.1) is 5.82 Å². The molecule has 1 amide bonds. The van der Waals surface area contributed by atoms with Crippen LogP contribution in [0.1, 0.15) is 23.2 Å². The van der Waals surface area contributed by atoms with Crippen LogP contribution < -0.4 is 20.1 Å². The molecule has 2 heterocycles. The minimum Gasteiger partial charge on any atom is -0.454 e. The Morgan fingerprint density at radius 3 is 2.86 bits per heavy atom. The van der Waals surface area contributed by atoms with Crippen LogP contribution in [0.4, 0.5) is 10.1 Å². The minimum absolute atomic E-state index is 0.00560. The maximum absolute atomic E-state index is 13.4. The molecule has 0 aromatic heterocycles. The second-order valence-electron chi connectivity index (χ2n) is 6.60. The zero-order valence-corrected chi connectivity index (χ0v) is 16.2. The van der Waals surface area contributed by atoms with Crippen molar-refractivity contribution in [2.24, 2.45) is 4.99 Å². The number of fused-ring (bicyclic) bond motifs is 1. The van der Waals surface area contributed by atoms with Gasteiger partial charge in [-0.3, -0.25) is 10.1 Å². The van der Waals surface area contributed by atoms with Gasteiger partial charge in [-0.15, -0.1) is 0 Å². The Bertz CT molecular complexity index is 947. The molecule has 0 radical (unpaired) electrons. The van der Waals surface area contributed by atoms with Gasteiger partial charge in [0.25, 0.3) is 5.91 Å². The molecule has 2 aromatic rings. The monoisotopic (exact) mass is 419 g/mol. The molecular weight excluding hydrogens is 401 g/mol. The lowest BCUT2D eigenvalue weighted by Gasteiger charge is -2.14. The van der Waals surface area contributed by atoms with Gasteiger partial charge in [0.15, 0.2) is 11.5 Å². The molecule has 2 aliphatic rings. The number of benzene rings is 2. The molecule has 9 heteroatoms. The number of hydrogen-bond acceptors (Lipinski definition) is 5. The zero-order chi connectivity index (χ0) is 20.2. The molecule has 2 N–H and O–H groups in total. The van der Waals surface area contributed by atoms with Crippen molar-refractivity contribution < 1.29 is 23.4 Å². The number of carbonyl (C=O) groups is 1. The number of guanidine groups is 1. The Hall–Kier alpha value is -2.84. The largest absolute Gasteiger partial charge is 0.454 e. The van der Waals surface area contributed by atoms with E-state index in [0.717, 1.165) is 12.8 Å². The van der Waals surface area contributed by atoms with Crippen LogP contribution in [0.25, 0.3) is 0 Å². The third-order valence-corrected chi connectivity index (χ3v) is 4.82. The second kappa shape index (κ2) is 8.67. The normalized spacial score (nSPS) is 18.0. The highest BCUT2D eigenvalue weighted by molar-refractivity contribution is 6.31. The summed E-state index contributed by atoms with van der Waals surface area (Å²) in [6.07, 6.45) is 1.90. The molecule has 2 aliphatic heterocycles. The molecule has 1 fully saturated rings. The van der Waals surface area contributed by atoms with Gasteiger partial charge in [0.1, 0.15) is 5.82 Å². The van der Waals surface area contributed by atoms with E-state index in [-0.39, 0.29) is 29.8 Å². The Labute approximate surface area is 171 Å². The second-order valence-corrected chi connectivity index (χ2v) is 7.01. The average Bonchev–Trinajstić information content (AvgIpc) is 3.39. The number of carbonyl (C=O) groups excluding carboxylic acids is 1. The highest BCUT2D eigenvalue weighted by Crippen LogP contribution is 2.32. The molecular formula is C20H19ClFN3O4. The number of hydrogen-bond donors (Lipinski definition) is 2. The van der Waals surface area contributed by atoms with Gasteiger partial charge in [-0.2, -0.15) is 0 Å². The van der Waals surface area contributed by atoms with Gasteiger partial charge in [0.05, 0.1) is 17.7 Å². The zero-order valence-electron chi connectivity index (χ0n) is 15.4. The SMILES string of the molecule is O=C(NC(=NCC1CCCO1)Nc1ccc(F)c(Cl)c1)c1ccc2c(c1)OCO2. The summed E-state index contributed by atoms with van der Waals surface area (Å²) in [6, 6.07) is 9.08. The standard InChI is InChI=1S/C20H19ClFN3O4/c21-15-9-13(4-5-16(15)22)24-20(23-10-14-2-1-7-27-14)25-19(26)12-3-6-17-18(8-12)29-11-28-17/h3-6,8-9,14H,1-2,7,10-11H2,(H2,23,24,25,26). The number of amides is 1. The number of anilines is 1. The fourth-order valence-electron chi connectivity index (χ4n) is 3.02. The van der Waals surface area contributed by atoms with Crippen molar-refractivity contribution in [1.82, 2.24) is 5.32 Å². The van der Waals surface area contributed by atoms with Gasteiger partial charge in [-0.25, -0.2) is 9.38 Å². The molecule has 0 saturated carbocycles. The highest BCUT2D eigenvalue weighted by Gasteiger charge is 2.19. The summed E-state index contributed by atoms with van der Waals surface area (Å²) >= 11 is 5.85. The lowest BCUT2D eigenvalue weighted by molar-refractivity contribution is 0.0975. The van der Waals surface area contributed by atoms with Crippen LogP contribution in [0.15, 0.2) is 41.4 Å². The number of nitrogens with zero attached hydrogens (tertiary/aromatic N) is 1. The molecule has 1 saturated heterocycles. The van der Waals surface area contributed by atoms with Crippen molar-refractivity contribution >= 4 is 29.2 Å². The summed E-state index contributed by atoms with van der Waals surface area (Å²) in [7, 11) is 0. The fraction of sp³-hybridized carbons (Fsp3) is 0.300. The number of aliphatic imine (C=N–C) groups is 1. The Balaban J connectivity index is 1.51. The van der Waals surface area contributed by atoms with Gasteiger partial charge >= 0.3 is 0 Å². The summed E-state index contributed by atoms with van der Waals surface area (Å²) < 4.78 is 29.6. The molecule has 152 valence electrons. The molecule has 29 heavy (non-hydrogen) atoms. The van der Waals surface area contributed by atoms with Crippen molar-refractivity contribution in [2.75, 3.05) is 25.3 Å². The van der Waals surface area contributed by atoms with E-state index in [1.165, 1.54) is 18.2 Å². The summed E-state index contributed by atoms with van der Waals surface area (Å²) in [5, 5.41) is 5.69. The third kappa shape index (κ3) is 4.78. The predicted octanol–water partition coefficient (Wildman–Crippen LogP) is 3.58. The number of ether oxygens (including phenoxy) is 3. The number of rotatable bonds is 4. The first-order chi connectivity index (χ1) is 14.1. The van der Waals surface area contributed by atoms with Gasteiger partial charge in [0.2, 0.25) is 12.8 Å². The average molecular weight is 420 g/mol. The van der Waals surface area contributed by atoms with E-state index in [1.54, 1.807) is 18.2 Å². The van der Waals surface area contributed by atoms with Crippen molar-refractivity contribution in [3.05, 3.63) is 52.8 Å². The van der Waals surface area contributed by atoms with Crippen molar-refractivity contribution in [1.29, 1.82) is 0 Å². The first kappa shape index (κ1) is 19.5. The van der Waals surface area contributed by atoms with E-state index in [1.807, 2.05) is 0 Å². The quantitative estimate of drug-likeness (QED) is 0.584. The van der Waals surface area contributed by atoms with E-state index in [4.69, 9.17) is 25.8 Å². The van der Waals surface area contributed by atoms with Crippen LogP contribution >= 0.6 is 11.6 Å². The van der Waals surface area contributed by atoms with Crippen LogP contribution in [0.3, 0.4) is 0 Å². The van der Waals surface area contributed by atoms with E-state index < -0.39 is 5.82 Å². The lowest BCUT2D eigenvalue weighted by Crippen LogP contribution is -2.36. The minimum atomic E-state index is -0.528. The van der Waals surface area contributed by atoms with E-state index in [0.29, 0.717) is 35.9 Å². The topological polar surface area (TPSA) is 81.2 Å². The predicted molar refractivity (Wildman–Crippen MR) is 106 cm³/mol. The molecule has 0 spiro atoms. The molecule has 0 aliphatic carbocycles. The van der Waals surface area contributed by atoms with Crippen molar-refractivity contribution in [2.45, 2.75) is 18.9 Å². The summed E-state index contributed by atoms with van der Waals surface area (Å²) in [5.41, 5.74) is 0.881. The smallest absolute Gasteiger partial charge is 0.258 e.